The fourth-order valence-electron chi connectivity index (χ4n) is 1.59. The minimum absolute atomic E-state index is 0.763. The van der Waals surface area contributed by atoms with Crippen molar-refractivity contribution in [2.24, 2.45) is 5.92 Å². The molecule has 1 heterocycles. The largest absolute Gasteiger partial charge is 0.381 e. The Labute approximate surface area is 81.4 Å². The number of hydrogen-bond donors (Lipinski definition) is 1. The quantitative estimate of drug-likeness (QED) is 0.614. The van der Waals surface area contributed by atoms with Gasteiger partial charge in [0, 0.05) is 13.2 Å². The molecule has 0 saturated carbocycles. The van der Waals surface area contributed by atoms with E-state index in [0.717, 1.165) is 38.6 Å². The molecular formula is C10H22N2O. The standard InChI is InChI=1S/C10H22N2O/c1-12(2)6-3-7-13-9-10-4-5-11-8-10/h10-11H,3-9H2,1-2H3. The Kier molecular flexibility index (Phi) is 5.35. The first-order chi connectivity index (χ1) is 6.29. The van der Waals surface area contributed by atoms with Crippen LogP contribution in [0.3, 0.4) is 0 Å². The van der Waals surface area contributed by atoms with Gasteiger partial charge >= 0.3 is 0 Å². The Bertz CT molecular complexity index is 122. The molecule has 1 rings (SSSR count). The molecule has 1 atom stereocenters. The van der Waals surface area contributed by atoms with Crippen molar-refractivity contribution < 1.29 is 4.74 Å². The van der Waals surface area contributed by atoms with Crippen molar-refractivity contribution >= 4 is 0 Å². The van der Waals surface area contributed by atoms with E-state index < -0.39 is 0 Å². The molecular weight excluding hydrogens is 164 g/mol. The predicted octanol–water partition coefficient (Wildman–Crippen LogP) is 0.564. The highest BCUT2D eigenvalue weighted by Crippen LogP contribution is 2.07. The fraction of sp³-hybridized carbons (Fsp3) is 1.00. The van der Waals surface area contributed by atoms with Crippen LogP contribution in [0.4, 0.5) is 0 Å². The van der Waals surface area contributed by atoms with Crippen LogP contribution in [-0.2, 0) is 4.74 Å². The van der Waals surface area contributed by atoms with Gasteiger partial charge in [0.2, 0.25) is 0 Å². The van der Waals surface area contributed by atoms with E-state index in [9.17, 15) is 0 Å². The molecule has 0 aromatic rings. The maximum absolute atomic E-state index is 5.60. The van der Waals surface area contributed by atoms with E-state index in [0.29, 0.717) is 0 Å². The summed E-state index contributed by atoms with van der Waals surface area (Å²) >= 11 is 0. The van der Waals surface area contributed by atoms with E-state index in [4.69, 9.17) is 4.74 Å². The average Bonchev–Trinajstić information content (AvgIpc) is 2.55. The van der Waals surface area contributed by atoms with E-state index in [1.807, 2.05) is 0 Å². The Morgan fingerprint density at radius 2 is 2.31 bits per heavy atom. The highest BCUT2D eigenvalue weighted by Gasteiger charge is 2.13. The summed E-state index contributed by atoms with van der Waals surface area (Å²) in [6.07, 6.45) is 2.43. The maximum Gasteiger partial charge on any atom is 0.0506 e. The number of nitrogens with zero attached hydrogens (tertiary/aromatic N) is 1. The number of rotatable bonds is 6. The average molecular weight is 186 g/mol. The third-order valence-corrected chi connectivity index (χ3v) is 2.41. The first-order valence-electron chi connectivity index (χ1n) is 5.22. The molecule has 0 aromatic heterocycles. The molecule has 1 aliphatic rings. The van der Waals surface area contributed by atoms with Gasteiger partial charge in [0.25, 0.3) is 0 Å². The van der Waals surface area contributed by atoms with Gasteiger partial charge in [0.05, 0.1) is 6.61 Å². The van der Waals surface area contributed by atoms with Crippen LogP contribution in [0.1, 0.15) is 12.8 Å². The molecule has 1 saturated heterocycles. The van der Waals surface area contributed by atoms with Crippen molar-refractivity contribution in [3.63, 3.8) is 0 Å². The summed E-state index contributed by atoms with van der Waals surface area (Å²) in [5.41, 5.74) is 0. The molecule has 13 heavy (non-hydrogen) atoms. The Morgan fingerprint density at radius 1 is 1.46 bits per heavy atom. The van der Waals surface area contributed by atoms with Crippen molar-refractivity contribution in [1.29, 1.82) is 0 Å². The minimum atomic E-state index is 0.763. The summed E-state index contributed by atoms with van der Waals surface area (Å²) in [4.78, 5) is 2.19. The molecule has 1 N–H and O–H groups in total. The van der Waals surface area contributed by atoms with Crippen molar-refractivity contribution in [3.8, 4) is 0 Å². The molecule has 0 spiro atoms. The van der Waals surface area contributed by atoms with Crippen molar-refractivity contribution in [1.82, 2.24) is 10.2 Å². The number of hydrogen-bond acceptors (Lipinski definition) is 3. The first kappa shape index (κ1) is 11.0. The number of ether oxygens (including phenoxy) is 1. The zero-order chi connectivity index (χ0) is 9.52. The van der Waals surface area contributed by atoms with Crippen molar-refractivity contribution in [3.05, 3.63) is 0 Å². The van der Waals surface area contributed by atoms with Gasteiger partial charge < -0.3 is 15.0 Å². The molecule has 3 heteroatoms. The molecule has 1 unspecified atom stereocenters. The Morgan fingerprint density at radius 3 is 2.92 bits per heavy atom. The summed E-state index contributed by atoms with van der Waals surface area (Å²) < 4.78 is 5.60. The molecule has 3 nitrogen and oxygen atoms in total. The summed E-state index contributed by atoms with van der Waals surface area (Å²) in [6, 6.07) is 0. The lowest BCUT2D eigenvalue weighted by Crippen LogP contribution is -2.17. The highest BCUT2D eigenvalue weighted by atomic mass is 16.5. The molecule has 0 aliphatic carbocycles. The SMILES string of the molecule is CN(C)CCCOCC1CCNC1. The lowest BCUT2D eigenvalue weighted by atomic mass is 10.1. The molecule has 1 fully saturated rings. The third-order valence-electron chi connectivity index (χ3n) is 2.41. The molecule has 0 radical (unpaired) electrons. The zero-order valence-corrected chi connectivity index (χ0v) is 8.88. The lowest BCUT2D eigenvalue weighted by molar-refractivity contribution is 0.0987. The molecule has 0 amide bonds. The van der Waals surface area contributed by atoms with Crippen LogP contribution in [0.25, 0.3) is 0 Å². The van der Waals surface area contributed by atoms with Gasteiger partial charge in [0.15, 0.2) is 0 Å². The molecule has 1 aliphatic heterocycles. The Hall–Kier alpha value is -0.120. The van der Waals surface area contributed by atoms with E-state index in [2.05, 4.69) is 24.3 Å². The second kappa shape index (κ2) is 6.35. The van der Waals surface area contributed by atoms with Crippen LogP contribution in [0.15, 0.2) is 0 Å². The summed E-state index contributed by atoms with van der Waals surface area (Å²) in [5.74, 6) is 0.763. The van der Waals surface area contributed by atoms with Gasteiger partial charge in [0.1, 0.15) is 0 Å². The normalized spacial score (nSPS) is 22.8. The van der Waals surface area contributed by atoms with Gasteiger partial charge in [-0.05, 0) is 45.9 Å². The van der Waals surface area contributed by atoms with Gasteiger partial charge in [-0.1, -0.05) is 0 Å². The summed E-state index contributed by atoms with van der Waals surface area (Å²) in [7, 11) is 4.20. The van der Waals surface area contributed by atoms with E-state index in [1.165, 1.54) is 13.0 Å². The highest BCUT2D eigenvalue weighted by molar-refractivity contribution is 4.70. The van der Waals surface area contributed by atoms with Gasteiger partial charge in [-0.3, -0.25) is 0 Å². The van der Waals surface area contributed by atoms with Crippen LogP contribution in [-0.4, -0.2) is 51.8 Å². The topological polar surface area (TPSA) is 24.5 Å². The van der Waals surface area contributed by atoms with Crippen LogP contribution >= 0.6 is 0 Å². The van der Waals surface area contributed by atoms with Crippen LogP contribution < -0.4 is 5.32 Å². The third kappa shape index (κ3) is 5.24. The minimum Gasteiger partial charge on any atom is -0.381 e. The zero-order valence-electron chi connectivity index (χ0n) is 8.88. The second-order valence-electron chi connectivity index (χ2n) is 4.09. The Balaban J connectivity index is 1.83. The fourth-order valence-corrected chi connectivity index (χ4v) is 1.59. The van der Waals surface area contributed by atoms with Crippen molar-refractivity contribution in [2.75, 3.05) is 46.9 Å². The van der Waals surface area contributed by atoms with Crippen LogP contribution in [0.5, 0.6) is 0 Å². The van der Waals surface area contributed by atoms with Crippen molar-refractivity contribution in [2.45, 2.75) is 12.8 Å². The summed E-state index contributed by atoms with van der Waals surface area (Å²) in [6.45, 7) is 5.30. The van der Waals surface area contributed by atoms with Crippen LogP contribution in [0.2, 0.25) is 0 Å². The van der Waals surface area contributed by atoms with E-state index >= 15 is 0 Å². The number of nitrogens with one attached hydrogen (secondary N) is 1. The first-order valence-corrected chi connectivity index (χ1v) is 5.22. The lowest BCUT2D eigenvalue weighted by Gasteiger charge is -2.11. The molecule has 78 valence electrons. The van der Waals surface area contributed by atoms with Crippen LogP contribution in [0, 0.1) is 5.92 Å². The molecule has 0 bridgehead atoms. The maximum atomic E-state index is 5.60. The smallest absolute Gasteiger partial charge is 0.0506 e. The van der Waals surface area contributed by atoms with Gasteiger partial charge in [-0.15, -0.1) is 0 Å². The van der Waals surface area contributed by atoms with E-state index in [-0.39, 0.29) is 0 Å². The van der Waals surface area contributed by atoms with E-state index in [1.54, 1.807) is 0 Å². The second-order valence-corrected chi connectivity index (χ2v) is 4.09. The predicted molar refractivity (Wildman–Crippen MR) is 55.0 cm³/mol. The van der Waals surface area contributed by atoms with Gasteiger partial charge in [-0.25, -0.2) is 0 Å². The monoisotopic (exact) mass is 186 g/mol. The summed E-state index contributed by atoms with van der Waals surface area (Å²) in [5, 5.41) is 3.34. The van der Waals surface area contributed by atoms with Gasteiger partial charge in [-0.2, -0.15) is 0 Å². The molecule has 0 aromatic carbocycles.